The topological polar surface area (TPSA) is 24.1 Å². The first kappa shape index (κ1) is 14.9. The summed E-state index contributed by atoms with van der Waals surface area (Å²) in [5, 5.41) is 6.47. The molecule has 0 spiro atoms. The molecular weight excluding hydrogens is 184 g/mol. The molecule has 1 atom stereocenters. The van der Waals surface area contributed by atoms with Gasteiger partial charge < -0.3 is 10.6 Å². The number of hydrogen-bond acceptors (Lipinski definition) is 2. The molecular formula is C13H30N2. The van der Waals surface area contributed by atoms with Gasteiger partial charge in [-0.25, -0.2) is 0 Å². The van der Waals surface area contributed by atoms with Crippen molar-refractivity contribution in [1.82, 2.24) is 10.6 Å². The maximum Gasteiger partial charge on any atom is 0.00357 e. The number of hydrogen-bond donors (Lipinski definition) is 2. The molecule has 0 rings (SSSR count). The molecule has 0 aromatic carbocycles. The van der Waals surface area contributed by atoms with Gasteiger partial charge in [-0.2, -0.15) is 0 Å². The average Bonchev–Trinajstić information content (AvgIpc) is 2.26. The summed E-state index contributed by atoms with van der Waals surface area (Å²) in [4.78, 5) is 0. The lowest BCUT2D eigenvalue weighted by Gasteiger charge is -2.08. The Morgan fingerprint density at radius 2 is 1.33 bits per heavy atom. The van der Waals surface area contributed by atoms with E-state index in [-0.39, 0.29) is 0 Å². The van der Waals surface area contributed by atoms with E-state index in [0.717, 1.165) is 0 Å². The maximum absolute atomic E-state index is 3.28. The van der Waals surface area contributed by atoms with Crippen molar-refractivity contribution < 1.29 is 0 Å². The van der Waals surface area contributed by atoms with Crippen molar-refractivity contribution in [2.45, 2.75) is 64.3 Å². The van der Waals surface area contributed by atoms with Crippen LogP contribution in [0.15, 0.2) is 0 Å². The smallest absolute Gasteiger partial charge is 0.00357 e. The molecule has 0 amide bonds. The van der Waals surface area contributed by atoms with Crippen LogP contribution in [0.25, 0.3) is 0 Å². The molecule has 0 fully saturated rings. The van der Waals surface area contributed by atoms with Crippen molar-refractivity contribution >= 4 is 0 Å². The van der Waals surface area contributed by atoms with E-state index in [1.165, 1.54) is 57.9 Å². The van der Waals surface area contributed by atoms with Gasteiger partial charge in [0.15, 0.2) is 0 Å². The van der Waals surface area contributed by atoms with Crippen molar-refractivity contribution in [3.8, 4) is 0 Å². The minimum Gasteiger partial charge on any atom is -0.320 e. The summed E-state index contributed by atoms with van der Waals surface area (Å²) in [5.41, 5.74) is 0. The molecule has 2 N–H and O–H groups in total. The van der Waals surface area contributed by atoms with E-state index in [9.17, 15) is 0 Å². The lowest BCUT2D eigenvalue weighted by atomic mass is 10.1. The zero-order valence-corrected chi connectivity index (χ0v) is 10.9. The SMILES string of the molecule is CNCCCCCCCCCC(C)NC. The van der Waals surface area contributed by atoms with Gasteiger partial charge in [-0.3, -0.25) is 0 Å². The molecule has 0 aromatic rings. The van der Waals surface area contributed by atoms with Gasteiger partial charge in [-0.1, -0.05) is 38.5 Å². The molecule has 0 aliphatic carbocycles. The molecule has 0 saturated carbocycles. The Hall–Kier alpha value is -0.0800. The average molecular weight is 214 g/mol. The highest BCUT2D eigenvalue weighted by Crippen LogP contribution is 2.09. The van der Waals surface area contributed by atoms with Gasteiger partial charge in [-0.15, -0.1) is 0 Å². The molecule has 0 saturated heterocycles. The Labute approximate surface area is 96.2 Å². The Morgan fingerprint density at radius 1 is 0.800 bits per heavy atom. The van der Waals surface area contributed by atoms with Crippen LogP contribution in [0.5, 0.6) is 0 Å². The van der Waals surface area contributed by atoms with Crippen LogP contribution >= 0.6 is 0 Å². The first-order valence-corrected chi connectivity index (χ1v) is 6.63. The Morgan fingerprint density at radius 3 is 1.87 bits per heavy atom. The van der Waals surface area contributed by atoms with Crippen molar-refractivity contribution in [2.24, 2.45) is 0 Å². The molecule has 0 radical (unpaired) electrons. The van der Waals surface area contributed by atoms with Crippen LogP contribution in [-0.4, -0.2) is 26.7 Å². The first-order chi connectivity index (χ1) is 7.31. The van der Waals surface area contributed by atoms with Crippen LogP contribution in [0.2, 0.25) is 0 Å². The van der Waals surface area contributed by atoms with E-state index in [1.807, 2.05) is 14.1 Å². The molecule has 15 heavy (non-hydrogen) atoms. The summed E-state index contributed by atoms with van der Waals surface area (Å²) in [5.74, 6) is 0. The van der Waals surface area contributed by atoms with E-state index in [1.54, 1.807) is 0 Å². The third-order valence-electron chi connectivity index (χ3n) is 3.06. The largest absolute Gasteiger partial charge is 0.320 e. The maximum atomic E-state index is 3.28. The highest BCUT2D eigenvalue weighted by atomic mass is 14.8. The molecule has 2 nitrogen and oxygen atoms in total. The second kappa shape index (κ2) is 12.0. The Bertz CT molecular complexity index is 115. The molecule has 1 unspecified atom stereocenters. The van der Waals surface area contributed by atoms with E-state index < -0.39 is 0 Å². The van der Waals surface area contributed by atoms with Gasteiger partial charge in [0.2, 0.25) is 0 Å². The molecule has 0 heterocycles. The monoisotopic (exact) mass is 214 g/mol. The summed E-state index contributed by atoms with van der Waals surface area (Å²) in [6, 6.07) is 0.695. The summed E-state index contributed by atoms with van der Waals surface area (Å²) in [6.45, 7) is 3.44. The third-order valence-corrected chi connectivity index (χ3v) is 3.06. The van der Waals surface area contributed by atoms with Crippen LogP contribution in [0, 0.1) is 0 Å². The minimum atomic E-state index is 0.695. The van der Waals surface area contributed by atoms with Crippen LogP contribution in [-0.2, 0) is 0 Å². The van der Waals surface area contributed by atoms with Crippen molar-refractivity contribution in [3.63, 3.8) is 0 Å². The van der Waals surface area contributed by atoms with Gasteiger partial charge >= 0.3 is 0 Å². The van der Waals surface area contributed by atoms with Gasteiger partial charge in [0, 0.05) is 6.04 Å². The summed E-state index contributed by atoms with van der Waals surface area (Å²) >= 11 is 0. The van der Waals surface area contributed by atoms with Gasteiger partial charge in [0.25, 0.3) is 0 Å². The van der Waals surface area contributed by atoms with Crippen LogP contribution in [0.1, 0.15) is 58.3 Å². The van der Waals surface area contributed by atoms with Crippen molar-refractivity contribution in [1.29, 1.82) is 0 Å². The summed E-state index contributed by atoms with van der Waals surface area (Å²) in [7, 11) is 4.08. The standard InChI is InChI=1S/C13H30N2/c1-13(15-3)11-9-7-5-4-6-8-10-12-14-2/h13-15H,4-12H2,1-3H3. The van der Waals surface area contributed by atoms with Gasteiger partial charge in [0.05, 0.1) is 0 Å². The van der Waals surface area contributed by atoms with E-state index in [0.29, 0.717) is 6.04 Å². The third kappa shape index (κ3) is 11.8. The zero-order chi connectivity index (χ0) is 11.4. The van der Waals surface area contributed by atoms with Gasteiger partial charge in [0.1, 0.15) is 0 Å². The van der Waals surface area contributed by atoms with E-state index in [4.69, 9.17) is 0 Å². The lowest BCUT2D eigenvalue weighted by Crippen LogP contribution is -2.20. The second-order valence-corrected chi connectivity index (χ2v) is 4.56. The predicted octanol–water partition coefficient (Wildman–Crippen LogP) is 2.93. The van der Waals surface area contributed by atoms with Crippen LogP contribution in [0.3, 0.4) is 0 Å². The molecule has 2 heteroatoms. The summed E-state index contributed by atoms with van der Waals surface area (Å²) in [6.07, 6.45) is 11.1. The highest BCUT2D eigenvalue weighted by molar-refractivity contribution is 4.56. The fourth-order valence-electron chi connectivity index (χ4n) is 1.78. The normalized spacial score (nSPS) is 13.0. The van der Waals surface area contributed by atoms with Crippen molar-refractivity contribution in [2.75, 3.05) is 20.6 Å². The van der Waals surface area contributed by atoms with E-state index in [2.05, 4.69) is 17.6 Å². The lowest BCUT2D eigenvalue weighted by molar-refractivity contribution is 0.504. The number of nitrogens with one attached hydrogen (secondary N) is 2. The van der Waals surface area contributed by atoms with Crippen LogP contribution in [0.4, 0.5) is 0 Å². The highest BCUT2D eigenvalue weighted by Gasteiger charge is 1.97. The molecule has 92 valence electrons. The number of rotatable bonds is 11. The fraction of sp³-hybridized carbons (Fsp3) is 1.00. The molecule has 0 bridgehead atoms. The van der Waals surface area contributed by atoms with E-state index >= 15 is 0 Å². The molecule has 0 aliphatic rings. The fourth-order valence-corrected chi connectivity index (χ4v) is 1.78. The van der Waals surface area contributed by atoms with Crippen LogP contribution < -0.4 is 10.6 Å². The molecule has 0 aromatic heterocycles. The minimum absolute atomic E-state index is 0.695. The number of unbranched alkanes of at least 4 members (excludes halogenated alkanes) is 6. The quantitative estimate of drug-likeness (QED) is 0.517. The molecule has 0 aliphatic heterocycles. The zero-order valence-electron chi connectivity index (χ0n) is 10.9. The summed E-state index contributed by atoms with van der Waals surface area (Å²) < 4.78 is 0. The predicted molar refractivity (Wildman–Crippen MR) is 69.4 cm³/mol. The van der Waals surface area contributed by atoms with Gasteiger partial charge in [-0.05, 0) is 40.4 Å². The van der Waals surface area contributed by atoms with Crippen molar-refractivity contribution in [3.05, 3.63) is 0 Å². The Kier molecular flexibility index (Phi) is 11.9. The second-order valence-electron chi connectivity index (χ2n) is 4.56. The Balaban J connectivity index is 2.92. The first-order valence-electron chi connectivity index (χ1n) is 6.63.